The Morgan fingerprint density at radius 2 is 0.964 bits per heavy atom. The second-order valence-electron chi connectivity index (χ2n) is 14.4. The molecule has 12 aromatic rings. The minimum atomic E-state index is 0.922. The molecule has 3 heterocycles. The highest BCUT2D eigenvalue weighted by Gasteiger charge is 2.21. The first-order valence-corrected chi connectivity index (χ1v) is 19.6. The van der Waals surface area contributed by atoms with Crippen LogP contribution in [0.3, 0.4) is 0 Å². The Balaban J connectivity index is 1.09. The number of para-hydroxylation sites is 2. The lowest BCUT2D eigenvalue weighted by molar-refractivity contribution is 0.617. The van der Waals surface area contributed by atoms with Crippen molar-refractivity contribution >= 4 is 85.8 Å². The van der Waals surface area contributed by atoms with E-state index in [1.165, 1.54) is 102 Å². The summed E-state index contributed by atoms with van der Waals surface area (Å²) in [6, 6.07) is 66.4. The van der Waals surface area contributed by atoms with Crippen LogP contribution in [-0.2, 0) is 0 Å². The second-order valence-corrected chi connectivity index (χ2v) is 15.5. The Bertz CT molecular complexity index is 3420. The average Bonchev–Trinajstić information content (AvgIpc) is 3.94. The Hall–Kier alpha value is -6.94. The van der Waals surface area contributed by atoms with Crippen molar-refractivity contribution in [2.24, 2.45) is 0 Å². The van der Waals surface area contributed by atoms with Crippen molar-refractivity contribution in [3.05, 3.63) is 188 Å². The largest absolute Gasteiger partial charge is 0.464 e. The van der Waals surface area contributed by atoms with Crippen LogP contribution >= 0.6 is 11.3 Å². The van der Waals surface area contributed by atoms with Gasteiger partial charge in [0.1, 0.15) is 5.58 Å². The molecule has 0 radical (unpaired) electrons. The molecule has 0 aliphatic carbocycles. The Morgan fingerprint density at radius 1 is 0.382 bits per heavy atom. The van der Waals surface area contributed by atoms with Crippen LogP contribution < -0.4 is 0 Å². The molecule has 0 N–H and O–H groups in total. The molecule has 12 rings (SSSR count). The van der Waals surface area contributed by atoms with Crippen LogP contribution in [0, 0.1) is 0 Å². The zero-order chi connectivity index (χ0) is 36.0. The molecule has 0 spiro atoms. The standard InChI is InChI=1S/C52H31NOS/c1-3-13-32(14-4-1)43-31-54-46-27-28-47-52(51(43)46)41-25-23-34(30-48(41)55-47)50-39-20-9-7-18-37(39)49(38-19-8-10-21-40(38)50)33-24-26-45-42(29-33)36-17-11-12-22-44(36)53(45)35-15-5-2-6-16-35/h1-31H. The van der Waals surface area contributed by atoms with Gasteiger partial charge in [-0.25, -0.2) is 0 Å². The Morgan fingerprint density at radius 3 is 1.67 bits per heavy atom. The van der Waals surface area contributed by atoms with Crippen LogP contribution in [0.4, 0.5) is 0 Å². The number of rotatable bonds is 4. The van der Waals surface area contributed by atoms with E-state index < -0.39 is 0 Å². The summed E-state index contributed by atoms with van der Waals surface area (Å²) in [5.41, 5.74) is 11.8. The first kappa shape index (κ1) is 30.5. The predicted octanol–water partition coefficient (Wildman–Crippen LogP) is 15.2. The number of hydrogen-bond donors (Lipinski definition) is 0. The highest BCUT2D eigenvalue weighted by Crippen LogP contribution is 2.48. The maximum atomic E-state index is 6.14. The van der Waals surface area contributed by atoms with Crippen molar-refractivity contribution in [2.75, 3.05) is 0 Å². The van der Waals surface area contributed by atoms with E-state index in [0.29, 0.717) is 0 Å². The zero-order valence-corrected chi connectivity index (χ0v) is 30.5. The smallest absolute Gasteiger partial charge is 0.135 e. The van der Waals surface area contributed by atoms with Crippen LogP contribution in [0.1, 0.15) is 0 Å². The van der Waals surface area contributed by atoms with Gasteiger partial charge < -0.3 is 8.98 Å². The van der Waals surface area contributed by atoms with E-state index in [-0.39, 0.29) is 0 Å². The van der Waals surface area contributed by atoms with Crippen LogP contribution in [0.2, 0.25) is 0 Å². The number of thiophene rings is 1. The molecule has 0 amide bonds. The molecule has 2 nitrogen and oxygen atoms in total. The van der Waals surface area contributed by atoms with Gasteiger partial charge in [-0.3, -0.25) is 0 Å². The van der Waals surface area contributed by atoms with Crippen molar-refractivity contribution in [1.29, 1.82) is 0 Å². The lowest BCUT2D eigenvalue weighted by Gasteiger charge is -2.18. The molecule has 9 aromatic carbocycles. The highest BCUT2D eigenvalue weighted by molar-refractivity contribution is 7.26. The van der Waals surface area contributed by atoms with E-state index in [2.05, 4.69) is 187 Å². The van der Waals surface area contributed by atoms with Crippen molar-refractivity contribution in [2.45, 2.75) is 0 Å². The predicted molar refractivity (Wildman–Crippen MR) is 235 cm³/mol. The molecule has 0 atom stereocenters. The fourth-order valence-corrected chi connectivity index (χ4v) is 10.3. The summed E-state index contributed by atoms with van der Waals surface area (Å²) in [5, 5.41) is 11.3. The fraction of sp³-hybridized carbons (Fsp3) is 0. The summed E-state index contributed by atoms with van der Waals surface area (Å²) >= 11 is 1.86. The molecule has 256 valence electrons. The van der Waals surface area contributed by atoms with Crippen LogP contribution in [0.15, 0.2) is 193 Å². The van der Waals surface area contributed by atoms with E-state index in [4.69, 9.17) is 4.42 Å². The summed E-state index contributed by atoms with van der Waals surface area (Å²) in [4.78, 5) is 0. The normalized spacial score (nSPS) is 12.0. The topological polar surface area (TPSA) is 18.1 Å². The maximum absolute atomic E-state index is 6.14. The van der Waals surface area contributed by atoms with Gasteiger partial charge >= 0.3 is 0 Å². The molecule has 0 aliphatic rings. The molecule has 55 heavy (non-hydrogen) atoms. The van der Waals surface area contributed by atoms with Gasteiger partial charge in [-0.15, -0.1) is 11.3 Å². The molecule has 0 saturated heterocycles. The lowest BCUT2D eigenvalue weighted by atomic mass is 9.85. The molecule has 0 aliphatic heterocycles. The van der Waals surface area contributed by atoms with Crippen molar-refractivity contribution in [1.82, 2.24) is 4.57 Å². The summed E-state index contributed by atoms with van der Waals surface area (Å²) in [5.74, 6) is 0. The lowest BCUT2D eigenvalue weighted by Crippen LogP contribution is -1.93. The molecule has 3 heteroatoms. The van der Waals surface area contributed by atoms with Crippen molar-refractivity contribution < 1.29 is 4.42 Å². The molecular weight excluding hydrogens is 687 g/mol. The minimum Gasteiger partial charge on any atom is -0.464 e. The van der Waals surface area contributed by atoms with Gasteiger partial charge in [0, 0.05) is 47.6 Å². The zero-order valence-electron chi connectivity index (χ0n) is 29.7. The van der Waals surface area contributed by atoms with Gasteiger partial charge in [0.15, 0.2) is 0 Å². The molecule has 0 fully saturated rings. The number of hydrogen-bond acceptors (Lipinski definition) is 2. The summed E-state index contributed by atoms with van der Waals surface area (Å²) in [6.07, 6.45) is 1.91. The number of nitrogens with zero attached hydrogens (tertiary/aromatic N) is 1. The Labute approximate surface area is 320 Å². The van der Waals surface area contributed by atoms with Gasteiger partial charge in [0.05, 0.1) is 17.3 Å². The SMILES string of the molecule is c1ccc(-c2coc3ccc4sc5cc(-c6c7ccccc7c(-c7ccc8c(c7)c7ccccc7n8-c7ccccc7)c7ccccc67)ccc5c4c23)cc1. The first-order chi connectivity index (χ1) is 27.3. The monoisotopic (exact) mass is 717 g/mol. The van der Waals surface area contributed by atoms with Crippen molar-refractivity contribution in [3.63, 3.8) is 0 Å². The van der Waals surface area contributed by atoms with Crippen LogP contribution in [0.25, 0.3) is 114 Å². The first-order valence-electron chi connectivity index (χ1n) is 18.7. The molecule has 3 aromatic heterocycles. The molecular formula is C52H31NOS. The maximum Gasteiger partial charge on any atom is 0.135 e. The second kappa shape index (κ2) is 11.8. The van der Waals surface area contributed by atoms with Gasteiger partial charge in [0.2, 0.25) is 0 Å². The average molecular weight is 718 g/mol. The van der Waals surface area contributed by atoms with E-state index >= 15 is 0 Å². The highest BCUT2D eigenvalue weighted by atomic mass is 32.1. The van der Waals surface area contributed by atoms with Gasteiger partial charge in [-0.1, -0.05) is 133 Å². The fourth-order valence-electron chi connectivity index (χ4n) is 9.12. The van der Waals surface area contributed by atoms with Gasteiger partial charge in [0.25, 0.3) is 0 Å². The summed E-state index contributed by atoms with van der Waals surface area (Å²) in [6.45, 7) is 0. The third kappa shape index (κ3) is 4.48. The number of benzene rings is 9. The number of fused-ring (bicyclic) bond motifs is 10. The summed E-state index contributed by atoms with van der Waals surface area (Å²) in [7, 11) is 0. The molecule has 0 saturated carbocycles. The van der Waals surface area contributed by atoms with Crippen LogP contribution in [0.5, 0.6) is 0 Å². The van der Waals surface area contributed by atoms with E-state index in [0.717, 1.165) is 11.1 Å². The van der Waals surface area contributed by atoms with Gasteiger partial charge in [-0.2, -0.15) is 0 Å². The van der Waals surface area contributed by atoms with E-state index in [1.54, 1.807) is 0 Å². The molecule has 0 bridgehead atoms. The molecule has 0 unspecified atom stereocenters. The Kier molecular flexibility index (Phi) is 6.54. The number of furan rings is 1. The quantitative estimate of drug-likeness (QED) is 0.166. The summed E-state index contributed by atoms with van der Waals surface area (Å²) < 4.78 is 11.1. The van der Waals surface area contributed by atoms with E-state index in [9.17, 15) is 0 Å². The minimum absolute atomic E-state index is 0.922. The van der Waals surface area contributed by atoms with Crippen LogP contribution in [-0.4, -0.2) is 4.57 Å². The number of aromatic nitrogens is 1. The van der Waals surface area contributed by atoms with Gasteiger partial charge in [-0.05, 0) is 97.9 Å². The van der Waals surface area contributed by atoms with Crippen molar-refractivity contribution in [3.8, 4) is 39.1 Å². The third-order valence-corrected chi connectivity index (χ3v) is 12.6. The third-order valence-electron chi connectivity index (χ3n) is 11.5. The van der Waals surface area contributed by atoms with E-state index in [1.807, 2.05) is 17.6 Å².